The van der Waals surface area contributed by atoms with Crippen molar-refractivity contribution in [1.82, 2.24) is 15.2 Å². The molecule has 9 nitrogen and oxygen atoms in total. The normalized spacial score (nSPS) is 21.7. The van der Waals surface area contributed by atoms with Gasteiger partial charge in [0.2, 0.25) is 11.7 Å². The van der Waals surface area contributed by atoms with Crippen LogP contribution >= 0.6 is 11.6 Å². The van der Waals surface area contributed by atoms with E-state index in [1.54, 1.807) is 49.6 Å². The van der Waals surface area contributed by atoms with Gasteiger partial charge in [-0.25, -0.2) is 0 Å². The predicted molar refractivity (Wildman–Crippen MR) is 141 cm³/mol. The van der Waals surface area contributed by atoms with E-state index in [9.17, 15) is 19.8 Å². The van der Waals surface area contributed by atoms with Gasteiger partial charge in [-0.15, -0.1) is 0 Å². The quantitative estimate of drug-likeness (QED) is 0.331. The molecule has 1 saturated carbocycles. The molecule has 1 heterocycles. The smallest absolute Gasteiger partial charge is 0.255 e. The van der Waals surface area contributed by atoms with Crippen LogP contribution in [0.3, 0.4) is 0 Å². The number of aromatic amines is 1. The van der Waals surface area contributed by atoms with Crippen LogP contribution in [0.4, 0.5) is 0 Å². The maximum Gasteiger partial charge on any atom is 0.255 e. The van der Waals surface area contributed by atoms with Crippen molar-refractivity contribution in [1.29, 1.82) is 0 Å². The fourth-order valence-electron chi connectivity index (χ4n) is 4.92. The molecule has 4 rings (SSSR count). The number of nitrogens with zero attached hydrogens (tertiary/aromatic N) is 1. The van der Waals surface area contributed by atoms with E-state index < -0.39 is 11.3 Å². The molecule has 0 aliphatic heterocycles. The average Bonchev–Trinajstić information content (AvgIpc) is 2.83. The minimum absolute atomic E-state index is 0.00848. The van der Waals surface area contributed by atoms with Crippen molar-refractivity contribution < 1.29 is 24.5 Å². The van der Waals surface area contributed by atoms with Crippen molar-refractivity contribution in [3.8, 4) is 17.2 Å². The summed E-state index contributed by atoms with van der Waals surface area (Å²) in [4.78, 5) is 30.1. The number of carbonyl (C=O) groups excluding carboxylic acids is 1. The highest BCUT2D eigenvalue weighted by atomic mass is 35.5. The number of carbonyl (C=O) groups is 1. The number of benzene rings is 2. The summed E-state index contributed by atoms with van der Waals surface area (Å²) in [6.45, 7) is 0.542. The Hall–Kier alpha value is -3.27. The highest BCUT2D eigenvalue weighted by Gasteiger charge is 2.45. The Morgan fingerprint density at radius 3 is 2.73 bits per heavy atom. The Kier molecular flexibility index (Phi) is 7.96. The number of hydrogen-bond acceptors (Lipinski definition) is 7. The van der Waals surface area contributed by atoms with Crippen LogP contribution in [0.5, 0.6) is 17.2 Å². The molecule has 3 atom stereocenters. The summed E-state index contributed by atoms with van der Waals surface area (Å²) in [7, 11) is 5.39. The van der Waals surface area contributed by atoms with Crippen LogP contribution in [-0.4, -0.2) is 65.6 Å². The first-order valence-corrected chi connectivity index (χ1v) is 12.5. The maximum atomic E-state index is 12.9. The minimum atomic E-state index is -1.42. The van der Waals surface area contributed by atoms with Crippen molar-refractivity contribution in [2.24, 2.45) is 5.92 Å². The third-order valence-electron chi connectivity index (χ3n) is 6.73. The minimum Gasteiger partial charge on any atom is -0.507 e. The van der Waals surface area contributed by atoms with E-state index in [1.165, 1.54) is 0 Å². The summed E-state index contributed by atoms with van der Waals surface area (Å²) < 4.78 is 11.3. The molecule has 1 aromatic heterocycles. The second kappa shape index (κ2) is 11.0. The van der Waals surface area contributed by atoms with Gasteiger partial charge in [0.05, 0.1) is 24.6 Å². The highest BCUT2D eigenvalue weighted by Crippen LogP contribution is 2.37. The number of amides is 1. The highest BCUT2D eigenvalue weighted by molar-refractivity contribution is 6.31. The van der Waals surface area contributed by atoms with E-state index >= 15 is 0 Å². The van der Waals surface area contributed by atoms with Crippen LogP contribution in [0, 0.1) is 5.92 Å². The molecule has 1 amide bonds. The second-order valence-electron chi connectivity index (χ2n) is 9.77. The van der Waals surface area contributed by atoms with Crippen LogP contribution in [-0.2, 0) is 11.2 Å². The summed E-state index contributed by atoms with van der Waals surface area (Å²) in [6, 6.07) is 11.6. The molecule has 1 fully saturated rings. The number of hydrogen-bond donors (Lipinski definition) is 4. The lowest BCUT2D eigenvalue weighted by atomic mass is 9.79. The van der Waals surface area contributed by atoms with Gasteiger partial charge in [0, 0.05) is 41.4 Å². The van der Waals surface area contributed by atoms with Crippen LogP contribution in [0.1, 0.15) is 24.8 Å². The zero-order valence-corrected chi connectivity index (χ0v) is 21.8. The van der Waals surface area contributed by atoms with Gasteiger partial charge in [-0.05, 0) is 57.3 Å². The number of ether oxygens (including phenoxy) is 2. The fourth-order valence-corrected chi connectivity index (χ4v) is 5.09. The number of aromatic nitrogens is 1. The molecule has 3 unspecified atom stereocenters. The van der Waals surface area contributed by atoms with E-state index in [2.05, 4.69) is 10.3 Å². The molecule has 37 heavy (non-hydrogen) atoms. The molecule has 1 aliphatic rings. The standard InChI is InChI=1S/C27H32ClN3O6/c1-31(2)15-16-11-18(9-10-27(16,35)37-20-6-4-5-19(13-20)36-3)29-24(32)14-22-25(33)21-8-7-17(28)12-23(21)30-26(22)34/h4-8,12-13,16,18,35H,9-11,14-15H2,1-3H3,(H,29,32)(H2,30,33,34). The first-order chi connectivity index (χ1) is 17.6. The Morgan fingerprint density at radius 2 is 2.00 bits per heavy atom. The molecule has 0 bridgehead atoms. The van der Waals surface area contributed by atoms with Gasteiger partial charge in [0.25, 0.3) is 5.56 Å². The number of aromatic hydroxyl groups is 1. The Morgan fingerprint density at radius 1 is 1.24 bits per heavy atom. The summed E-state index contributed by atoms with van der Waals surface area (Å²) in [5, 5.41) is 26.0. The van der Waals surface area contributed by atoms with E-state index in [-0.39, 0.29) is 35.6 Å². The fraction of sp³-hybridized carbons (Fsp3) is 0.407. The monoisotopic (exact) mass is 529 g/mol. The first-order valence-electron chi connectivity index (χ1n) is 12.1. The van der Waals surface area contributed by atoms with Crippen molar-refractivity contribution in [2.45, 2.75) is 37.5 Å². The van der Waals surface area contributed by atoms with E-state index in [1.807, 2.05) is 19.0 Å². The van der Waals surface area contributed by atoms with E-state index in [4.69, 9.17) is 21.1 Å². The van der Waals surface area contributed by atoms with Gasteiger partial charge in [-0.3, -0.25) is 9.59 Å². The third kappa shape index (κ3) is 6.18. The average molecular weight is 530 g/mol. The molecule has 10 heteroatoms. The van der Waals surface area contributed by atoms with Crippen molar-refractivity contribution in [2.75, 3.05) is 27.7 Å². The molecule has 0 saturated heterocycles. The SMILES string of the molecule is COc1cccc(OC2(O)CCC(NC(=O)Cc3c(O)c4ccc(Cl)cc4[nH]c3=O)CC2CN(C)C)c1. The topological polar surface area (TPSA) is 124 Å². The molecular formula is C27H32ClN3O6. The number of H-pyrrole nitrogens is 1. The zero-order valence-electron chi connectivity index (χ0n) is 21.1. The molecule has 3 aromatic rings. The van der Waals surface area contributed by atoms with Crippen LogP contribution in [0.25, 0.3) is 10.9 Å². The molecule has 0 radical (unpaired) electrons. The summed E-state index contributed by atoms with van der Waals surface area (Å²) in [6.07, 6.45) is 0.979. The van der Waals surface area contributed by atoms with E-state index in [0.717, 1.165) is 0 Å². The van der Waals surface area contributed by atoms with Crippen molar-refractivity contribution in [3.05, 3.63) is 63.4 Å². The summed E-state index contributed by atoms with van der Waals surface area (Å²) in [5.74, 6) is -1.22. The maximum absolute atomic E-state index is 12.9. The van der Waals surface area contributed by atoms with E-state index in [0.29, 0.717) is 53.2 Å². The number of fused-ring (bicyclic) bond motifs is 1. The predicted octanol–water partition coefficient (Wildman–Crippen LogP) is 3.05. The second-order valence-corrected chi connectivity index (χ2v) is 10.2. The van der Waals surface area contributed by atoms with Crippen molar-refractivity contribution >= 4 is 28.4 Å². The molecule has 2 aromatic carbocycles. The number of nitrogens with one attached hydrogen (secondary N) is 2. The van der Waals surface area contributed by atoms with Gasteiger partial charge < -0.3 is 34.9 Å². The summed E-state index contributed by atoms with van der Waals surface area (Å²) >= 11 is 5.97. The number of rotatable bonds is 8. The molecule has 4 N–H and O–H groups in total. The number of halogens is 1. The first kappa shape index (κ1) is 26.8. The number of aliphatic hydroxyl groups is 1. The lowest BCUT2D eigenvalue weighted by Gasteiger charge is -2.43. The van der Waals surface area contributed by atoms with Crippen molar-refractivity contribution in [3.63, 3.8) is 0 Å². The van der Waals surface area contributed by atoms with Crippen LogP contribution in [0.15, 0.2) is 47.3 Å². The largest absolute Gasteiger partial charge is 0.507 e. The van der Waals surface area contributed by atoms with Gasteiger partial charge in [0.15, 0.2) is 0 Å². The van der Waals surface area contributed by atoms with Gasteiger partial charge >= 0.3 is 0 Å². The lowest BCUT2D eigenvalue weighted by Crippen LogP contribution is -2.55. The van der Waals surface area contributed by atoms with Crippen LogP contribution in [0.2, 0.25) is 5.02 Å². The molecule has 198 valence electrons. The van der Waals surface area contributed by atoms with Gasteiger partial charge in [0.1, 0.15) is 17.2 Å². The number of methoxy groups -OCH3 is 1. The Bertz CT molecular complexity index is 1340. The molecular weight excluding hydrogens is 498 g/mol. The number of pyridine rings is 1. The zero-order chi connectivity index (χ0) is 26.7. The molecule has 0 spiro atoms. The summed E-state index contributed by atoms with van der Waals surface area (Å²) in [5.41, 5.74) is -0.156. The molecule has 1 aliphatic carbocycles. The van der Waals surface area contributed by atoms with Gasteiger partial charge in [-0.1, -0.05) is 17.7 Å². The van der Waals surface area contributed by atoms with Crippen LogP contribution < -0.4 is 20.3 Å². The Labute approximate surface area is 220 Å². The Balaban J connectivity index is 1.47. The lowest BCUT2D eigenvalue weighted by molar-refractivity contribution is -0.202. The van der Waals surface area contributed by atoms with Gasteiger partial charge in [-0.2, -0.15) is 0 Å². The third-order valence-corrected chi connectivity index (χ3v) is 6.96.